The largest absolute Gasteiger partial charge is 0.483 e. The molecule has 0 saturated carbocycles. The summed E-state index contributed by atoms with van der Waals surface area (Å²) in [5.41, 5.74) is 8.94. The summed E-state index contributed by atoms with van der Waals surface area (Å²) in [6, 6.07) is 4.13. The quantitative estimate of drug-likeness (QED) is 0.873. The molecule has 4 nitrogen and oxygen atoms in total. The van der Waals surface area contributed by atoms with Gasteiger partial charge in [0.1, 0.15) is 5.75 Å². The molecule has 0 fully saturated rings. The Morgan fingerprint density at radius 1 is 1.23 bits per heavy atom. The Balaban J connectivity index is 0.00000441. The van der Waals surface area contributed by atoms with Crippen molar-refractivity contribution in [3.63, 3.8) is 0 Å². The highest BCUT2D eigenvalue weighted by Gasteiger charge is 2.21. The van der Waals surface area contributed by atoms with Gasteiger partial charge in [-0.25, -0.2) is 0 Å². The molecular weight excluding hydrogens is 300 g/mol. The number of amides is 1. The van der Waals surface area contributed by atoms with Crippen LogP contribution in [-0.4, -0.2) is 37.6 Å². The van der Waals surface area contributed by atoms with Crippen molar-refractivity contribution in [1.82, 2.24) is 4.90 Å². The zero-order valence-electron chi connectivity index (χ0n) is 14.5. The van der Waals surface area contributed by atoms with Crippen LogP contribution in [0.5, 0.6) is 5.75 Å². The van der Waals surface area contributed by atoms with Gasteiger partial charge in [-0.05, 0) is 43.9 Å². The lowest BCUT2D eigenvalue weighted by Gasteiger charge is -2.29. The van der Waals surface area contributed by atoms with Gasteiger partial charge in [0.25, 0.3) is 5.91 Å². The van der Waals surface area contributed by atoms with Crippen molar-refractivity contribution < 1.29 is 9.53 Å². The summed E-state index contributed by atoms with van der Waals surface area (Å²) in [6.45, 7) is 11.4. The maximum absolute atomic E-state index is 12.2. The Morgan fingerprint density at radius 2 is 1.73 bits per heavy atom. The monoisotopic (exact) mass is 328 g/mol. The van der Waals surface area contributed by atoms with Crippen LogP contribution in [0.25, 0.3) is 0 Å². The van der Waals surface area contributed by atoms with Gasteiger partial charge in [-0.1, -0.05) is 31.5 Å². The first-order valence-corrected chi connectivity index (χ1v) is 7.31. The van der Waals surface area contributed by atoms with E-state index in [1.807, 2.05) is 27.7 Å². The van der Waals surface area contributed by atoms with Crippen LogP contribution in [0.3, 0.4) is 0 Å². The minimum absolute atomic E-state index is 0. The first kappa shape index (κ1) is 20.7. The predicted molar refractivity (Wildman–Crippen MR) is 93.9 cm³/mol. The third-order valence-electron chi connectivity index (χ3n) is 3.59. The van der Waals surface area contributed by atoms with Crippen LogP contribution >= 0.6 is 12.4 Å². The molecule has 2 N–H and O–H groups in total. The molecule has 0 unspecified atom stereocenters. The van der Waals surface area contributed by atoms with Gasteiger partial charge < -0.3 is 15.4 Å². The van der Waals surface area contributed by atoms with E-state index in [0.717, 1.165) is 16.9 Å². The molecule has 0 heterocycles. The van der Waals surface area contributed by atoms with E-state index in [-0.39, 0.29) is 30.3 Å². The summed E-state index contributed by atoms with van der Waals surface area (Å²) >= 11 is 0. The van der Waals surface area contributed by atoms with Gasteiger partial charge in [0.2, 0.25) is 0 Å². The lowest BCUT2D eigenvalue weighted by atomic mass is 9.93. The summed E-state index contributed by atoms with van der Waals surface area (Å²) in [6.07, 6.45) is 0. The fourth-order valence-electron chi connectivity index (χ4n) is 2.43. The second-order valence-electron chi connectivity index (χ2n) is 6.63. The average Bonchev–Trinajstić information content (AvgIpc) is 2.36. The van der Waals surface area contributed by atoms with Crippen LogP contribution in [0.1, 0.15) is 30.5 Å². The molecule has 1 amide bonds. The molecule has 0 saturated heterocycles. The number of likely N-dealkylation sites (N-methyl/N-ethyl adjacent to an activating group) is 1. The Hall–Kier alpha value is -1.26. The van der Waals surface area contributed by atoms with Crippen LogP contribution in [0, 0.1) is 26.2 Å². The Morgan fingerprint density at radius 3 is 2.18 bits per heavy atom. The molecule has 0 aliphatic rings. The fraction of sp³-hybridized carbons (Fsp3) is 0.588. The number of nitrogens with zero attached hydrogens (tertiary/aromatic N) is 1. The van der Waals surface area contributed by atoms with Gasteiger partial charge in [-0.15, -0.1) is 12.4 Å². The first-order chi connectivity index (χ1) is 9.66. The van der Waals surface area contributed by atoms with Gasteiger partial charge in [0.15, 0.2) is 6.61 Å². The minimum atomic E-state index is -0.0832. The molecule has 0 spiro atoms. The topological polar surface area (TPSA) is 55.6 Å². The molecule has 0 aliphatic carbocycles. The molecule has 0 aliphatic heterocycles. The number of benzene rings is 1. The number of nitrogens with two attached hydrogens (primary N) is 1. The Kier molecular flexibility index (Phi) is 7.91. The molecule has 0 atom stereocenters. The van der Waals surface area contributed by atoms with Crippen molar-refractivity contribution in [2.75, 3.05) is 26.7 Å². The van der Waals surface area contributed by atoms with Gasteiger partial charge in [0, 0.05) is 13.6 Å². The van der Waals surface area contributed by atoms with Gasteiger partial charge in [-0.3, -0.25) is 4.79 Å². The maximum atomic E-state index is 12.2. The molecule has 126 valence electrons. The van der Waals surface area contributed by atoms with Crippen molar-refractivity contribution in [2.24, 2.45) is 11.1 Å². The predicted octanol–water partition coefficient (Wildman–Crippen LogP) is 2.86. The summed E-state index contributed by atoms with van der Waals surface area (Å²) in [7, 11) is 1.79. The van der Waals surface area contributed by atoms with E-state index in [1.54, 1.807) is 11.9 Å². The summed E-state index contributed by atoms with van der Waals surface area (Å²) in [5.74, 6) is 0.774. The third-order valence-corrected chi connectivity index (χ3v) is 3.59. The molecule has 1 rings (SSSR count). The van der Waals surface area contributed by atoms with Crippen LogP contribution in [0.15, 0.2) is 12.1 Å². The molecule has 22 heavy (non-hydrogen) atoms. The molecule has 1 aromatic rings. The molecule has 0 bridgehead atoms. The van der Waals surface area contributed by atoms with Crippen LogP contribution in [0.4, 0.5) is 0 Å². The van der Waals surface area contributed by atoms with Gasteiger partial charge in [0.05, 0.1) is 0 Å². The van der Waals surface area contributed by atoms with Crippen LogP contribution < -0.4 is 10.5 Å². The van der Waals surface area contributed by atoms with E-state index in [4.69, 9.17) is 10.5 Å². The molecular formula is C17H29ClN2O2. The highest BCUT2D eigenvalue weighted by Crippen LogP contribution is 2.24. The first-order valence-electron chi connectivity index (χ1n) is 7.31. The smallest absolute Gasteiger partial charge is 0.260 e. The van der Waals surface area contributed by atoms with E-state index >= 15 is 0 Å². The van der Waals surface area contributed by atoms with Crippen molar-refractivity contribution >= 4 is 18.3 Å². The average molecular weight is 329 g/mol. The van der Waals surface area contributed by atoms with E-state index in [0.29, 0.717) is 13.1 Å². The molecule has 0 aromatic heterocycles. The molecule has 1 aromatic carbocycles. The number of rotatable bonds is 6. The number of hydrogen-bond donors (Lipinski definition) is 1. The van der Waals surface area contributed by atoms with Gasteiger partial charge in [-0.2, -0.15) is 0 Å². The van der Waals surface area contributed by atoms with E-state index in [9.17, 15) is 4.79 Å². The standard InChI is InChI=1S/C17H28N2O2.ClH/c1-12-7-13(2)16(14(3)8-12)21-9-15(20)19(6)11-17(4,5)10-18;/h7-8H,9-11,18H2,1-6H3;1H. The summed E-state index contributed by atoms with van der Waals surface area (Å²) in [4.78, 5) is 13.8. The minimum Gasteiger partial charge on any atom is -0.483 e. The third kappa shape index (κ3) is 5.85. The zero-order chi connectivity index (χ0) is 16.2. The number of hydrogen-bond acceptors (Lipinski definition) is 3. The number of aryl methyl sites for hydroxylation is 3. The second-order valence-corrected chi connectivity index (χ2v) is 6.63. The zero-order valence-corrected chi connectivity index (χ0v) is 15.3. The highest BCUT2D eigenvalue weighted by atomic mass is 35.5. The number of carbonyl (C=O) groups is 1. The second kappa shape index (κ2) is 8.39. The fourth-order valence-corrected chi connectivity index (χ4v) is 2.43. The van der Waals surface area contributed by atoms with E-state index in [2.05, 4.69) is 19.1 Å². The van der Waals surface area contributed by atoms with Crippen LogP contribution in [-0.2, 0) is 4.79 Å². The van der Waals surface area contributed by atoms with Crippen molar-refractivity contribution in [2.45, 2.75) is 34.6 Å². The summed E-state index contributed by atoms with van der Waals surface area (Å²) in [5, 5.41) is 0. The highest BCUT2D eigenvalue weighted by molar-refractivity contribution is 5.85. The van der Waals surface area contributed by atoms with Crippen molar-refractivity contribution in [3.8, 4) is 5.75 Å². The lowest BCUT2D eigenvalue weighted by Crippen LogP contribution is -2.41. The number of halogens is 1. The van der Waals surface area contributed by atoms with E-state index < -0.39 is 0 Å². The Labute approximate surface area is 140 Å². The van der Waals surface area contributed by atoms with E-state index in [1.165, 1.54) is 5.56 Å². The number of carbonyl (C=O) groups excluding carboxylic acids is 1. The number of ether oxygens (including phenoxy) is 1. The molecule has 5 heteroatoms. The van der Waals surface area contributed by atoms with Gasteiger partial charge >= 0.3 is 0 Å². The van der Waals surface area contributed by atoms with Crippen molar-refractivity contribution in [3.05, 3.63) is 28.8 Å². The van der Waals surface area contributed by atoms with Crippen molar-refractivity contribution in [1.29, 1.82) is 0 Å². The SMILES string of the molecule is Cc1cc(C)c(OCC(=O)N(C)CC(C)(C)CN)c(C)c1.Cl. The maximum Gasteiger partial charge on any atom is 0.260 e. The van der Waals surface area contributed by atoms with Crippen LogP contribution in [0.2, 0.25) is 0 Å². The molecule has 0 radical (unpaired) electrons. The normalized spacial score (nSPS) is 10.9. The summed E-state index contributed by atoms with van der Waals surface area (Å²) < 4.78 is 5.73. The Bertz CT molecular complexity index is 492. The lowest BCUT2D eigenvalue weighted by molar-refractivity contribution is -0.133.